The molecule has 47 heavy (non-hydrogen) atoms. The van der Waals surface area contributed by atoms with Crippen LogP contribution in [0.5, 0.6) is 5.75 Å². The number of nitrogens with one attached hydrogen (secondary N) is 3. The van der Waals surface area contributed by atoms with Gasteiger partial charge in [0.1, 0.15) is 17.1 Å². The highest BCUT2D eigenvalue weighted by molar-refractivity contribution is 7.53. The van der Waals surface area contributed by atoms with Crippen LogP contribution in [0.2, 0.25) is 0 Å². The summed E-state index contributed by atoms with van der Waals surface area (Å²) in [4.78, 5) is 25.5. The summed E-state index contributed by atoms with van der Waals surface area (Å²) in [7, 11) is -0.768. The van der Waals surface area contributed by atoms with Crippen LogP contribution in [0.25, 0.3) is 11.3 Å². The smallest absolute Gasteiger partial charge is 0.421 e. The Bertz CT molecular complexity index is 1850. The number of halogens is 3. The van der Waals surface area contributed by atoms with E-state index in [0.29, 0.717) is 47.4 Å². The third-order valence-corrected chi connectivity index (χ3v) is 9.32. The molecule has 0 spiro atoms. The minimum absolute atomic E-state index is 0.00843. The maximum atomic E-state index is 14.1. The number of anilines is 4. The van der Waals surface area contributed by atoms with Gasteiger partial charge in [-0.2, -0.15) is 23.3 Å². The van der Waals surface area contributed by atoms with Crippen molar-refractivity contribution in [3.05, 3.63) is 64.7 Å². The first kappa shape index (κ1) is 33.8. The van der Waals surface area contributed by atoms with E-state index in [-0.39, 0.29) is 42.5 Å². The number of benzene rings is 1. The van der Waals surface area contributed by atoms with E-state index in [2.05, 4.69) is 36.0 Å². The van der Waals surface area contributed by atoms with Crippen molar-refractivity contribution in [3.8, 4) is 17.0 Å². The zero-order valence-corrected chi connectivity index (χ0v) is 27.3. The average molecular weight is 675 g/mol. The Hall–Kier alpha value is -4.53. The molecular formula is C30H34F3N8O5P. The van der Waals surface area contributed by atoms with Gasteiger partial charge in [-0.05, 0) is 57.0 Å². The van der Waals surface area contributed by atoms with E-state index in [4.69, 9.17) is 13.8 Å². The van der Waals surface area contributed by atoms with E-state index in [9.17, 15) is 22.5 Å². The minimum atomic E-state index is -4.83. The van der Waals surface area contributed by atoms with Gasteiger partial charge >= 0.3 is 13.8 Å². The van der Waals surface area contributed by atoms with Gasteiger partial charge in [0.2, 0.25) is 5.95 Å². The largest absolute Gasteiger partial charge is 0.495 e. The van der Waals surface area contributed by atoms with Crippen LogP contribution in [0.4, 0.5) is 36.3 Å². The lowest BCUT2D eigenvalue weighted by Crippen LogP contribution is -2.21. The number of nitrogens with zero attached hydrogens (tertiary/aromatic N) is 5. The summed E-state index contributed by atoms with van der Waals surface area (Å²) in [6, 6.07) is 7.93. The third-order valence-electron chi connectivity index (χ3n) is 7.34. The van der Waals surface area contributed by atoms with Gasteiger partial charge in [0.05, 0.1) is 49.2 Å². The van der Waals surface area contributed by atoms with E-state index in [1.807, 2.05) is 6.92 Å². The van der Waals surface area contributed by atoms with Crippen molar-refractivity contribution < 1.29 is 36.3 Å². The van der Waals surface area contributed by atoms with Gasteiger partial charge < -0.3 is 29.7 Å². The second-order valence-corrected chi connectivity index (χ2v) is 12.6. The summed E-state index contributed by atoms with van der Waals surface area (Å²) in [5.41, 5.74) is 2.01. The quantitative estimate of drug-likeness (QED) is 0.207. The number of methoxy groups -OCH3 is 1. The first-order valence-electron chi connectivity index (χ1n) is 14.7. The molecule has 1 atom stereocenters. The average Bonchev–Trinajstić information content (AvgIpc) is 3.31. The van der Waals surface area contributed by atoms with Crippen molar-refractivity contribution in [2.45, 2.75) is 46.1 Å². The van der Waals surface area contributed by atoms with Gasteiger partial charge in [0.25, 0.3) is 5.91 Å². The van der Waals surface area contributed by atoms with Crippen LogP contribution in [0, 0.1) is 13.8 Å². The van der Waals surface area contributed by atoms with Crippen molar-refractivity contribution in [2.24, 2.45) is 0 Å². The molecule has 250 valence electrons. The fraction of sp³-hybridized carbons (Fsp3) is 0.367. The lowest BCUT2D eigenvalue weighted by atomic mass is 10.1. The summed E-state index contributed by atoms with van der Waals surface area (Å²) in [6.07, 6.45) is -3.77. The molecule has 7 heterocycles. The lowest BCUT2D eigenvalue weighted by Gasteiger charge is -2.19. The molecule has 17 heteroatoms. The normalized spacial score (nSPS) is 16.9. The first-order chi connectivity index (χ1) is 22.4. The molecule has 3 N–H and O–H groups in total. The molecule has 0 fully saturated rings. The molecule has 1 aromatic carbocycles. The Morgan fingerprint density at radius 1 is 1.15 bits per heavy atom. The Balaban J connectivity index is 1.66. The van der Waals surface area contributed by atoms with Crippen LogP contribution in [0.15, 0.2) is 36.5 Å². The van der Waals surface area contributed by atoms with E-state index >= 15 is 0 Å². The molecular weight excluding hydrogens is 640 g/mol. The van der Waals surface area contributed by atoms with Gasteiger partial charge in [-0.3, -0.25) is 14.0 Å². The summed E-state index contributed by atoms with van der Waals surface area (Å²) >= 11 is 0. The van der Waals surface area contributed by atoms with Crippen molar-refractivity contribution in [3.63, 3.8) is 0 Å². The van der Waals surface area contributed by atoms with Crippen molar-refractivity contribution in [1.82, 2.24) is 30.0 Å². The van der Waals surface area contributed by atoms with E-state index in [1.165, 1.54) is 20.2 Å². The zero-order chi connectivity index (χ0) is 33.9. The van der Waals surface area contributed by atoms with Gasteiger partial charge in [-0.15, -0.1) is 0 Å². The molecule has 8 rings (SSSR count). The predicted octanol–water partition coefficient (Wildman–Crippen LogP) is 6.38. The van der Waals surface area contributed by atoms with Crippen LogP contribution >= 0.6 is 7.60 Å². The second-order valence-electron chi connectivity index (χ2n) is 10.6. The highest BCUT2D eigenvalue weighted by Crippen LogP contribution is 2.52. The standard InChI is InChI=1S/C30H34F3N8O5P/c1-6-45-47(43)16-19-8-9-21(24(14-19)44-5)38-29-35-15-20(30(31,32)33)27(39-29)37-23-11-10-22(36-26(23)28(42)34-4)25-17(2)40-41(18(25)3)12-7-13-46-47/h8-11,14-15H,6-7,12-13,16H2,1-5H3,(H,34,42)(H2,35,37,38,39)/t47-/m1/s1. The number of aryl methyl sites for hydroxylation is 2. The number of ether oxygens (including phenoxy) is 1. The number of amides is 1. The highest BCUT2D eigenvalue weighted by atomic mass is 31.2. The predicted molar refractivity (Wildman–Crippen MR) is 168 cm³/mol. The molecule has 4 aliphatic rings. The molecule has 0 radical (unpaired) electrons. The molecule has 0 unspecified atom stereocenters. The Morgan fingerprint density at radius 2 is 1.91 bits per heavy atom. The molecule has 13 nitrogen and oxygen atoms in total. The first-order valence-corrected chi connectivity index (χ1v) is 16.4. The number of hydrogen-bond donors (Lipinski definition) is 3. The molecule has 0 saturated carbocycles. The second kappa shape index (κ2) is 13.7. The number of pyridine rings is 1. The SMILES string of the molecule is CCO[P@]1(=O)Cc2ccc(c(OC)c2)Nc2ncc(C(F)(F)F)c(n2)Nc2ccc(nc2C(=O)NC)-c2c(C)nn(c2C)CCCO1. The third kappa shape index (κ3) is 7.39. The van der Waals surface area contributed by atoms with Crippen LogP contribution in [0.1, 0.15) is 46.3 Å². The Kier molecular flexibility index (Phi) is 9.84. The topological polar surface area (TPSA) is 154 Å². The van der Waals surface area contributed by atoms with Crippen molar-refractivity contribution in [1.29, 1.82) is 0 Å². The van der Waals surface area contributed by atoms with Crippen LogP contribution in [0.3, 0.4) is 0 Å². The molecule has 1 amide bonds. The maximum Gasteiger partial charge on any atom is 0.421 e. The zero-order valence-electron chi connectivity index (χ0n) is 26.4. The van der Waals surface area contributed by atoms with Gasteiger partial charge in [0.15, 0.2) is 5.69 Å². The Labute approximate surface area is 268 Å². The molecule has 0 saturated heterocycles. The minimum Gasteiger partial charge on any atom is -0.495 e. The lowest BCUT2D eigenvalue weighted by molar-refractivity contribution is -0.137. The van der Waals surface area contributed by atoms with Crippen LogP contribution in [-0.2, 0) is 32.5 Å². The molecule has 8 bridgehead atoms. The maximum absolute atomic E-state index is 14.1. The molecule has 0 aliphatic carbocycles. The van der Waals surface area contributed by atoms with Crippen molar-refractivity contribution in [2.75, 3.05) is 38.0 Å². The highest BCUT2D eigenvalue weighted by Gasteiger charge is 2.36. The van der Waals surface area contributed by atoms with Crippen LogP contribution < -0.4 is 20.7 Å². The molecule has 4 aliphatic heterocycles. The Morgan fingerprint density at radius 3 is 2.62 bits per heavy atom. The summed E-state index contributed by atoms with van der Waals surface area (Å²) in [5, 5.41) is 12.7. The number of hydrogen-bond acceptors (Lipinski definition) is 11. The van der Waals surface area contributed by atoms with E-state index < -0.39 is 31.1 Å². The number of carbonyl (C=O) groups excluding carboxylic acids is 1. The number of rotatable bonds is 4. The number of alkyl halides is 3. The number of carbonyl (C=O) groups is 1. The van der Waals surface area contributed by atoms with Gasteiger partial charge in [-0.1, -0.05) is 6.07 Å². The fourth-order valence-electron chi connectivity index (χ4n) is 5.17. The fourth-order valence-corrected chi connectivity index (χ4v) is 6.87. The van der Waals surface area contributed by atoms with E-state index in [1.54, 1.807) is 42.8 Å². The monoisotopic (exact) mass is 674 g/mol. The van der Waals surface area contributed by atoms with E-state index in [0.717, 1.165) is 5.69 Å². The molecule has 4 aromatic rings. The van der Waals surface area contributed by atoms with Crippen molar-refractivity contribution >= 4 is 36.6 Å². The molecule has 3 aromatic heterocycles. The summed E-state index contributed by atoms with van der Waals surface area (Å²) in [5.74, 6) is -1.15. The van der Waals surface area contributed by atoms with Gasteiger partial charge in [0, 0.05) is 31.0 Å². The van der Waals surface area contributed by atoms with Crippen LogP contribution in [-0.4, -0.2) is 58.0 Å². The summed E-state index contributed by atoms with van der Waals surface area (Å²) < 4.78 is 74.7. The summed E-state index contributed by atoms with van der Waals surface area (Å²) in [6.45, 7) is 6.08. The van der Waals surface area contributed by atoms with Gasteiger partial charge in [-0.25, -0.2) is 9.97 Å². The number of aromatic nitrogens is 5.